The predicted octanol–water partition coefficient (Wildman–Crippen LogP) is 13.7. The summed E-state index contributed by atoms with van der Waals surface area (Å²) in [5.74, 6) is 0. The molecule has 0 aliphatic carbocycles. The number of hydrogen-bond acceptors (Lipinski definition) is 2. The molecule has 0 radical (unpaired) electrons. The van der Waals surface area contributed by atoms with E-state index < -0.39 is 0 Å². The Morgan fingerprint density at radius 2 is 0.589 bits per heavy atom. The first-order valence-electron chi connectivity index (χ1n) is 19.0. The maximum Gasteiger partial charge on any atom is 0.116 e. The molecule has 4 heteroatoms. The highest BCUT2D eigenvalue weighted by molar-refractivity contribution is 6.09. The second kappa shape index (κ2) is 13.1. The van der Waals surface area contributed by atoms with Gasteiger partial charge in [-0.15, -0.1) is 0 Å². The number of hydrogen-bond donors (Lipinski definition) is 2. The number of fused-ring (bicyclic) bond motifs is 6. The third-order valence-electron chi connectivity index (χ3n) is 11.1. The van der Waals surface area contributed by atoms with Crippen molar-refractivity contribution in [3.8, 4) is 67.0 Å². The average Bonchev–Trinajstić information content (AvgIpc) is 3.84. The van der Waals surface area contributed by atoms with Gasteiger partial charge in [-0.2, -0.15) is 0 Å². The van der Waals surface area contributed by atoms with Crippen molar-refractivity contribution in [3.05, 3.63) is 194 Å². The van der Waals surface area contributed by atoms with Gasteiger partial charge in [0.1, 0.15) is 6.33 Å². The molecule has 11 aromatic rings. The molecule has 56 heavy (non-hydrogen) atoms. The fourth-order valence-electron chi connectivity index (χ4n) is 8.20. The Labute approximate surface area is 323 Å². The maximum absolute atomic E-state index is 4.73. The number of benzene rings is 8. The first-order valence-corrected chi connectivity index (χ1v) is 19.0. The van der Waals surface area contributed by atoms with Crippen LogP contribution in [-0.4, -0.2) is 19.9 Å². The van der Waals surface area contributed by atoms with Crippen LogP contribution in [0.2, 0.25) is 0 Å². The summed E-state index contributed by atoms with van der Waals surface area (Å²) in [5, 5.41) is 4.97. The third kappa shape index (κ3) is 5.64. The second-order valence-electron chi connectivity index (χ2n) is 14.5. The minimum absolute atomic E-state index is 0.887. The molecule has 262 valence electrons. The lowest BCUT2D eigenvalue weighted by Crippen LogP contribution is -1.91. The van der Waals surface area contributed by atoms with E-state index in [2.05, 4.69) is 198 Å². The zero-order valence-corrected chi connectivity index (χ0v) is 30.4. The number of nitrogens with one attached hydrogen (secondary N) is 2. The summed E-state index contributed by atoms with van der Waals surface area (Å²) in [4.78, 5) is 16.5. The lowest BCUT2D eigenvalue weighted by Gasteiger charge is -2.10. The minimum atomic E-state index is 0.887. The van der Waals surface area contributed by atoms with E-state index in [1.807, 2.05) is 0 Å². The van der Waals surface area contributed by atoms with Gasteiger partial charge in [-0.05, 0) is 111 Å². The minimum Gasteiger partial charge on any atom is -0.355 e. The van der Waals surface area contributed by atoms with Crippen molar-refractivity contribution < 1.29 is 0 Å². The Hall–Kier alpha value is -7.56. The summed E-state index contributed by atoms with van der Waals surface area (Å²) in [7, 11) is 0. The first kappa shape index (κ1) is 31.9. The molecule has 0 spiro atoms. The molecular formula is C52H34N4. The molecule has 0 aliphatic rings. The monoisotopic (exact) mass is 714 g/mol. The van der Waals surface area contributed by atoms with E-state index >= 15 is 0 Å². The summed E-state index contributed by atoms with van der Waals surface area (Å²) < 4.78 is 0. The van der Waals surface area contributed by atoms with Gasteiger partial charge in [0.2, 0.25) is 0 Å². The molecule has 0 aliphatic heterocycles. The molecule has 8 aromatic carbocycles. The summed E-state index contributed by atoms with van der Waals surface area (Å²) in [6, 6.07) is 67.3. The Morgan fingerprint density at radius 1 is 0.250 bits per heavy atom. The van der Waals surface area contributed by atoms with Crippen molar-refractivity contribution >= 4 is 43.6 Å². The molecule has 0 unspecified atom stereocenters. The molecule has 0 saturated heterocycles. The van der Waals surface area contributed by atoms with Gasteiger partial charge in [-0.1, -0.05) is 121 Å². The Morgan fingerprint density at radius 3 is 1.02 bits per heavy atom. The fraction of sp³-hybridized carbons (Fsp3) is 0. The van der Waals surface area contributed by atoms with Gasteiger partial charge in [0.15, 0.2) is 0 Å². The van der Waals surface area contributed by atoms with Crippen LogP contribution in [0.3, 0.4) is 0 Å². The molecule has 4 nitrogen and oxygen atoms in total. The Bertz CT molecular complexity index is 3060. The van der Waals surface area contributed by atoms with Crippen LogP contribution in [0.25, 0.3) is 111 Å². The molecule has 3 aromatic heterocycles. The van der Waals surface area contributed by atoms with Crippen LogP contribution in [0.15, 0.2) is 194 Å². The van der Waals surface area contributed by atoms with E-state index in [0.717, 1.165) is 66.8 Å². The van der Waals surface area contributed by atoms with Crippen molar-refractivity contribution in [2.24, 2.45) is 0 Å². The van der Waals surface area contributed by atoms with Crippen LogP contribution in [0.5, 0.6) is 0 Å². The fourth-order valence-corrected chi connectivity index (χ4v) is 8.20. The van der Waals surface area contributed by atoms with Gasteiger partial charge in [-0.25, -0.2) is 9.97 Å². The van der Waals surface area contributed by atoms with E-state index in [1.165, 1.54) is 43.8 Å². The van der Waals surface area contributed by atoms with E-state index in [4.69, 9.17) is 9.97 Å². The molecule has 0 amide bonds. The lowest BCUT2D eigenvalue weighted by atomic mass is 9.96. The van der Waals surface area contributed by atoms with E-state index in [9.17, 15) is 0 Å². The van der Waals surface area contributed by atoms with Gasteiger partial charge < -0.3 is 9.97 Å². The predicted molar refractivity (Wildman–Crippen MR) is 233 cm³/mol. The standard InChI is InChI=1S/C52H34N4/c1-3-19-47-43(17-1)45-29-39(21-23-49(45)55-47)35-11-5-9-33(25-35)37-13-7-15-41(27-37)51-31-52(54-32-53-51)42-16-8-14-38(28-42)34-10-6-12-36(26-34)40-22-24-50-46(30-40)44-18-2-4-20-48(44)56-50/h1-32,55-56H. The molecule has 3 heterocycles. The summed E-state index contributed by atoms with van der Waals surface area (Å²) in [5.41, 5.74) is 17.9. The van der Waals surface area contributed by atoms with Gasteiger partial charge in [0.25, 0.3) is 0 Å². The van der Waals surface area contributed by atoms with Crippen molar-refractivity contribution in [3.63, 3.8) is 0 Å². The highest BCUT2D eigenvalue weighted by Gasteiger charge is 2.12. The van der Waals surface area contributed by atoms with Crippen molar-refractivity contribution in [1.82, 2.24) is 19.9 Å². The normalized spacial score (nSPS) is 11.6. The Kier molecular flexibility index (Phi) is 7.46. The van der Waals surface area contributed by atoms with Crippen LogP contribution >= 0.6 is 0 Å². The summed E-state index contributed by atoms with van der Waals surface area (Å²) in [6.45, 7) is 0. The Balaban J connectivity index is 0.886. The number of para-hydroxylation sites is 2. The van der Waals surface area contributed by atoms with Crippen LogP contribution in [0.4, 0.5) is 0 Å². The van der Waals surface area contributed by atoms with Crippen molar-refractivity contribution in [2.75, 3.05) is 0 Å². The largest absolute Gasteiger partial charge is 0.355 e. The van der Waals surface area contributed by atoms with Gasteiger partial charge >= 0.3 is 0 Å². The van der Waals surface area contributed by atoms with Crippen LogP contribution in [0, 0.1) is 0 Å². The van der Waals surface area contributed by atoms with E-state index in [0.29, 0.717) is 0 Å². The number of aromatic amines is 2. The van der Waals surface area contributed by atoms with E-state index in [1.54, 1.807) is 6.33 Å². The molecule has 0 atom stereocenters. The zero-order valence-electron chi connectivity index (χ0n) is 30.4. The number of rotatable bonds is 6. The number of nitrogens with zero attached hydrogens (tertiary/aromatic N) is 2. The first-order chi connectivity index (χ1) is 27.7. The van der Waals surface area contributed by atoms with E-state index in [-0.39, 0.29) is 0 Å². The topological polar surface area (TPSA) is 57.4 Å². The zero-order chi connectivity index (χ0) is 37.0. The van der Waals surface area contributed by atoms with Crippen molar-refractivity contribution in [1.29, 1.82) is 0 Å². The number of aromatic nitrogens is 4. The quantitative estimate of drug-likeness (QED) is 0.180. The lowest BCUT2D eigenvalue weighted by molar-refractivity contribution is 1.18. The number of H-pyrrole nitrogens is 2. The molecule has 0 fully saturated rings. The maximum atomic E-state index is 4.73. The second-order valence-corrected chi connectivity index (χ2v) is 14.5. The highest BCUT2D eigenvalue weighted by atomic mass is 14.8. The SMILES string of the molecule is c1cc(-c2cccc(-c3cc(-c4cccc(-c5cccc(-c6ccc7[nH]c8ccccc8c7c6)c5)c4)ncn3)c2)cc(-c2ccc3[nH]c4ccccc4c3c2)c1. The van der Waals surface area contributed by atoms with Gasteiger partial charge in [-0.3, -0.25) is 0 Å². The van der Waals surface area contributed by atoms with Crippen LogP contribution in [-0.2, 0) is 0 Å². The third-order valence-corrected chi connectivity index (χ3v) is 11.1. The molecular weight excluding hydrogens is 681 g/mol. The molecule has 11 rings (SSSR count). The van der Waals surface area contributed by atoms with Crippen molar-refractivity contribution in [2.45, 2.75) is 0 Å². The smallest absolute Gasteiger partial charge is 0.116 e. The van der Waals surface area contributed by atoms with Gasteiger partial charge in [0, 0.05) is 54.7 Å². The summed E-state index contributed by atoms with van der Waals surface area (Å²) in [6.07, 6.45) is 1.67. The summed E-state index contributed by atoms with van der Waals surface area (Å²) >= 11 is 0. The molecule has 2 N–H and O–H groups in total. The highest BCUT2D eigenvalue weighted by Crippen LogP contribution is 2.35. The molecule has 0 bridgehead atoms. The van der Waals surface area contributed by atoms with Gasteiger partial charge in [0.05, 0.1) is 11.4 Å². The average molecular weight is 715 g/mol. The molecule has 0 saturated carbocycles. The van der Waals surface area contributed by atoms with Crippen LogP contribution < -0.4 is 0 Å². The van der Waals surface area contributed by atoms with Crippen LogP contribution in [0.1, 0.15) is 0 Å².